The number of aliphatic hydroxyl groups excluding tert-OH is 2. The van der Waals surface area contributed by atoms with Crippen LogP contribution in [0.15, 0.2) is 30.6 Å². The maximum atomic E-state index is 11.9. The average molecular weight is 596 g/mol. The Morgan fingerprint density at radius 3 is 2.95 bits per heavy atom. The van der Waals surface area contributed by atoms with Gasteiger partial charge in [0.1, 0.15) is 12.4 Å². The van der Waals surface area contributed by atoms with Crippen LogP contribution in [-0.4, -0.2) is 81.1 Å². The highest BCUT2D eigenvalue weighted by molar-refractivity contribution is 6.28. The fourth-order valence-corrected chi connectivity index (χ4v) is 5.80. The summed E-state index contributed by atoms with van der Waals surface area (Å²) in [5.74, 6) is 6.53. The zero-order valence-corrected chi connectivity index (χ0v) is 24.0. The van der Waals surface area contributed by atoms with E-state index in [9.17, 15) is 19.8 Å². The lowest BCUT2D eigenvalue weighted by atomic mass is 10.0. The molecule has 2 fully saturated rings. The molecule has 1 aromatic carbocycles. The molecule has 2 saturated carbocycles. The molecular weight excluding hydrogens is 562 g/mol. The molecule has 0 bridgehead atoms. The molecule has 222 valence electrons. The Morgan fingerprint density at radius 1 is 1.31 bits per heavy atom. The predicted octanol–water partition coefficient (Wildman–Crippen LogP) is 1.40. The number of fused-ring (bicyclic) bond motifs is 2. The van der Waals surface area contributed by atoms with Gasteiger partial charge in [-0.3, -0.25) is 10.1 Å². The lowest BCUT2D eigenvalue weighted by Crippen LogP contribution is -2.34. The van der Waals surface area contributed by atoms with Gasteiger partial charge in [-0.2, -0.15) is 9.97 Å². The van der Waals surface area contributed by atoms with E-state index in [0.717, 1.165) is 17.4 Å². The first-order valence-electron chi connectivity index (χ1n) is 13.9. The van der Waals surface area contributed by atoms with Crippen LogP contribution in [0.3, 0.4) is 0 Å². The first-order valence-corrected chi connectivity index (χ1v) is 14.3. The largest absolute Gasteiger partial charge is 0.389 e. The Kier molecular flexibility index (Phi) is 9.35. The molecular formula is C29H34ClN7O5. The predicted molar refractivity (Wildman–Crippen MR) is 155 cm³/mol. The zero-order valence-electron chi connectivity index (χ0n) is 23.2. The van der Waals surface area contributed by atoms with Gasteiger partial charge in [0.25, 0.3) is 0 Å². The van der Waals surface area contributed by atoms with Gasteiger partial charge in [-0.15, -0.1) is 0 Å². The number of imidazole rings is 1. The van der Waals surface area contributed by atoms with E-state index in [2.05, 4.69) is 42.7 Å². The second kappa shape index (κ2) is 13.1. The Bertz CT molecular complexity index is 1500. The first-order chi connectivity index (χ1) is 20.4. The van der Waals surface area contributed by atoms with Crippen molar-refractivity contribution in [1.82, 2.24) is 30.2 Å². The number of methoxy groups -OCH3 is 1. The summed E-state index contributed by atoms with van der Waals surface area (Å²) in [6, 6.07) is 7.24. The number of anilines is 1. The molecule has 12 nitrogen and oxygen atoms in total. The number of rotatable bonds is 13. The minimum atomic E-state index is -1.13. The number of amides is 1. The van der Waals surface area contributed by atoms with Crippen molar-refractivity contribution in [2.75, 3.05) is 32.2 Å². The second-order valence-corrected chi connectivity index (χ2v) is 11.0. The van der Waals surface area contributed by atoms with Gasteiger partial charge >= 0.3 is 0 Å². The van der Waals surface area contributed by atoms with Crippen LogP contribution in [0.2, 0.25) is 5.28 Å². The molecule has 2 heterocycles. The summed E-state index contributed by atoms with van der Waals surface area (Å²) in [4.78, 5) is 36.7. The molecule has 5 N–H and O–H groups in total. The number of ether oxygens (including phenoxy) is 1. The fraction of sp³-hybridized carbons (Fsp3) is 0.483. The Balaban J connectivity index is 1.17. The van der Waals surface area contributed by atoms with Crippen molar-refractivity contribution in [2.45, 2.75) is 50.5 Å². The number of aldehydes is 1. The molecule has 5 atom stereocenters. The van der Waals surface area contributed by atoms with E-state index in [4.69, 9.17) is 16.3 Å². The number of carbonyl (C=O) groups is 2. The maximum absolute atomic E-state index is 11.9. The number of benzene rings is 1. The van der Waals surface area contributed by atoms with Gasteiger partial charge in [-0.25, -0.2) is 4.98 Å². The van der Waals surface area contributed by atoms with Crippen LogP contribution in [0, 0.1) is 23.2 Å². The smallest absolute Gasteiger partial charge is 0.226 e. The Hall–Kier alpha value is -3.60. The van der Waals surface area contributed by atoms with Gasteiger partial charge in [-0.1, -0.05) is 24.0 Å². The summed E-state index contributed by atoms with van der Waals surface area (Å²) in [5, 5.41) is 30.3. The van der Waals surface area contributed by atoms with E-state index >= 15 is 0 Å². The molecule has 1 amide bonds. The van der Waals surface area contributed by atoms with Crippen LogP contribution in [0.4, 0.5) is 5.82 Å². The van der Waals surface area contributed by atoms with Crippen molar-refractivity contribution in [3.63, 3.8) is 0 Å². The minimum absolute atomic E-state index is 0.00600. The number of nitrogens with zero attached hydrogens (tertiary/aromatic N) is 4. The van der Waals surface area contributed by atoms with Gasteiger partial charge in [0.05, 0.1) is 30.6 Å². The summed E-state index contributed by atoms with van der Waals surface area (Å²) < 4.78 is 6.58. The third kappa shape index (κ3) is 6.25. The first kappa shape index (κ1) is 29.9. The Morgan fingerprint density at radius 2 is 2.17 bits per heavy atom. The number of aromatic nitrogens is 4. The molecule has 2 aromatic heterocycles. The number of hydrogen-bond acceptors (Lipinski definition) is 10. The number of carbonyl (C=O) groups excluding carboxylic acids is 2. The molecule has 0 radical (unpaired) electrons. The minimum Gasteiger partial charge on any atom is -0.389 e. The van der Waals surface area contributed by atoms with Gasteiger partial charge < -0.3 is 34.9 Å². The van der Waals surface area contributed by atoms with Crippen LogP contribution >= 0.6 is 11.6 Å². The van der Waals surface area contributed by atoms with Crippen molar-refractivity contribution < 1.29 is 24.5 Å². The molecule has 2 aliphatic carbocycles. The van der Waals surface area contributed by atoms with Crippen molar-refractivity contribution in [3.05, 3.63) is 47.0 Å². The summed E-state index contributed by atoms with van der Waals surface area (Å²) >= 11 is 6.26. The van der Waals surface area contributed by atoms with E-state index in [1.165, 1.54) is 0 Å². The Labute approximate surface area is 248 Å². The molecule has 5 rings (SSSR count). The van der Waals surface area contributed by atoms with Crippen molar-refractivity contribution in [2.24, 2.45) is 11.3 Å². The van der Waals surface area contributed by atoms with Gasteiger partial charge in [-0.05, 0) is 48.1 Å². The third-order valence-corrected chi connectivity index (χ3v) is 8.04. The molecule has 13 heteroatoms. The third-order valence-electron chi connectivity index (χ3n) is 7.87. The van der Waals surface area contributed by atoms with E-state index in [1.807, 2.05) is 24.3 Å². The van der Waals surface area contributed by atoms with Crippen LogP contribution in [0.25, 0.3) is 11.2 Å². The lowest BCUT2D eigenvalue weighted by molar-refractivity contribution is -0.121. The van der Waals surface area contributed by atoms with E-state index < -0.39 is 23.7 Å². The monoisotopic (exact) mass is 595 g/mol. The molecule has 2 aliphatic rings. The SMILES string of the molecule is COCNCCNC(=O)CCCC#Cc1cccc(CNc2nc(Cl)nc3c2ncn3[C@@H]2[C@H]3C[C@@]3(C=O)C(O)[C@@H]2O)c1. The number of aliphatic hydroxyl groups is 2. The number of unbranched alkanes of at least 4 members (excludes halogenated alkanes) is 1. The highest BCUT2D eigenvalue weighted by Crippen LogP contribution is 2.66. The summed E-state index contributed by atoms with van der Waals surface area (Å²) in [6.45, 7) is 2.09. The van der Waals surface area contributed by atoms with E-state index in [1.54, 1.807) is 18.0 Å². The molecule has 0 saturated heterocycles. The van der Waals surface area contributed by atoms with E-state index in [-0.39, 0.29) is 17.1 Å². The topological polar surface area (TPSA) is 164 Å². The molecule has 3 aromatic rings. The maximum Gasteiger partial charge on any atom is 0.226 e. The van der Waals surface area contributed by atoms with Crippen molar-refractivity contribution in [3.8, 4) is 11.8 Å². The molecule has 1 unspecified atom stereocenters. The average Bonchev–Trinajstić information content (AvgIpc) is 3.51. The van der Waals surface area contributed by atoms with Gasteiger partial charge in [0.15, 0.2) is 17.0 Å². The highest BCUT2D eigenvalue weighted by Gasteiger charge is 2.72. The summed E-state index contributed by atoms with van der Waals surface area (Å²) in [7, 11) is 1.61. The quantitative estimate of drug-likeness (QED) is 0.0641. The lowest BCUT2D eigenvalue weighted by Gasteiger charge is -2.22. The summed E-state index contributed by atoms with van der Waals surface area (Å²) in [5.41, 5.74) is 1.79. The standard InChI is InChI=1S/C29H34ClN7O5/c1-42-17-31-10-11-32-21(39)9-4-2-3-6-18-7-5-8-19(12-18)14-33-26-22-27(36-28(30)35-26)37(16-34-22)23-20-13-29(20,15-38)25(41)24(23)40/h5,7-8,12,15-16,20,23-25,31,40-41H,2,4,9-11,13-14,17H2,1H3,(H,32,39)(H,33,35,36)/t20-,23-,24-,25?,29+/m1/s1. The van der Waals surface area contributed by atoms with E-state index in [0.29, 0.717) is 69.0 Å². The van der Waals surface area contributed by atoms with Crippen LogP contribution < -0.4 is 16.0 Å². The van der Waals surface area contributed by atoms with Crippen molar-refractivity contribution >= 4 is 40.8 Å². The van der Waals surface area contributed by atoms with Gasteiger partial charge in [0, 0.05) is 45.1 Å². The highest BCUT2D eigenvalue weighted by atomic mass is 35.5. The molecule has 42 heavy (non-hydrogen) atoms. The summed E-state index contributed by atoms with van der Waals surface area (Å²) in [6.07, 6.45) is 2.26. The second-order valence-electron chi connectivity index (χ2n) is 10.6. The van der Waals surface area contributed by atoms with Crippen LogP contribution in [0.1, 0.15) is 42.9 Å². The fourth-order valence-electron chi connectivity index (χ4n) is 5.64. The molecule has 0 aliphatic heterocycles. The van der Waals surface area contributed by atoms with Crippen LogP contribution in [-0.2, 0) is 20.9 Å². The normalized spacial score (nSPS) is 24.1. The van der Waals surface area contributed by atoms with Gasteiger partial charge in [0.2, 0.25) is 11.2 Å². The number of nitrogens with one attached hydrogen (secondary N) is 3. The van der Waals surface area contributed by atoms with Crippen LogP contribution in [0.5, 0.6) is 0 Å². The number of hydrogen-bond donors (Lipinski definition) is 5. The number of halogens is 1. The molecule has 0 spiro atoms. The zero-order chi connectivity index (χ0) is 29.7. The van der Waals surface area contributed by atoms with Crippen molar-refractivity contribution in [1.29, 1.82) is 0 Å².